The Kier molecular flexibility index (Phi) is 2.62. The molecule has 0 spiro atoms. The summed E-state index contributed by atoms with van der Waals surface area (Å²) in [4.78, 5) is 0. The SMILES string of the molecule is c1ccc(-c2nnn3c2-c2ccccc2CCC3)cc1. The summed E-state index contributed by atoms with van der Waals surface area (Å²) in [5.74, 6) is 0. The van der Waals surface area contributed by atoms with Crippen molar-refractivity contribution >= 4 is 0 Å². The third kappa shape index (κ3) is 1.74. The monoisotopic (exact) mass is 261 g/mol. The summed E-state index contributed by atoms with van der Waals surface area (Å²) >= 11 is 0. The molecule has 1 aliphatic heterocycles. The lowest BCUT2D eigenvalue weighted by molar-refractivity contribution is 0.572. The predicted molar refractivity (Wildman–Crippen MR) is 79.2 cm³/mol. The van der Waals surface area contributed by atoms with Crippen LogP contribution in [-0.2, 0) is 13.0 Å². The first-order valence-electron chi connectivity index (χ1n) is 7.01. The molecular weight excluding hydrogens is 246 g/mol. The van der Waals surface area contributed by atoms with Crippen LogP contribution in [0.3, 0.4) is 0 Å². The van der Waals surface area contributed by atoms with Gasteiger partial charge in [-0.2, -0.15) is 0 Å². The quantitative estimate of drug-likeness (QED) is 0.670. The molecule has 0 fully saturated rings. The van der Waals surface area contributed by atoms with Crippen molar-refractivity contribution in [1.29, 1.82) is 0 Å². The fraction of sp³-hybridized carbons (Fsp3) is 0.176. The van der Waals surface area contributed by atoms with E-state index in [-0.39, 0.29) is 0 Å². The Morgan fingerprint density at radius 1 is 0.900 bits per heavy atom. The molecule has 3 heteroatoms. The number of benzene rings is 2. The van der Waals surface area contributed by atoms with Gasteiger partial charge in [0.15, 0.2) is 0 Å². The first kappa shape index (κ1) is 11.4. The zero-order valence-electron chi connectivity index (χ0n) is 11.2. The number of aromatic nitrogens is 3. The number of fused-ring (bicyclic) bond motifs is 3. The van der Waals surface area contributed by atoms with Crippen molar-refractivity contribution in [1.82, 2.24) is 15.0 Å². The van der Waals surface area contributed by atoms with Crippen LogP contribution in [0.1, 0.15) is 12.0 Å². The summed E-state index contributed by atoms with van der Waals surface area (Å²) in [5.41, 5.74) is 5.94. The van der Waals surface area contributed by atoms with Gasteiger partial charge in [0.2, 0.25) is 0 Å². The number of hydrogen-bond acceptors (Lipinski definition) is 2. The number of nitrogens with zero attached hydrogens (tertiary/aromatic N) is 3. The van der Waals surface area contributed by atoms with Crippen molar-refractivity contribution in [2.75, 3.05) is 0 Å². The first-order chi connectivity index (χ1) is 9.93. The van der Waals surface area contributed by atoms with Crippen LogP contribution in [0.15, 0.2) is 54.6 Å². The Hall–Kier alpha value is -2.42. The molecule has 0 N–H and O–H groups in total. The van der Waals surface area contributed by atoms with Crippen molar-refractivity contribution in [2.24, 2.45) is 0 Å². The van der Waals surface area contributed by atoms with Crippen LogP contribution in [0.5, 0.6) is 0 Å². The minimum absolute atomic E-state index is 0.934. The molecule has 1 aliphatic rings. The average Bonchev–Trinajstić information content (AvgIpc) is 2.84. The van der Waals surface area contributed by atoms with Gasteiger partial charge in [0.05, 0.1) is 5.69 Å². The van der Waals surface area contributed by atoms with Gasteiger partial charge in [0.1, 0.15) is 5.69 Å². The minimum Gasteiger partial charge on any atom is -0.244 e. The van der Waals surface area contributed by atoms with Gasteiger partial charge in [-0.1, -0.05) is 59.8 Å². The maximum atomic E-state index is 4.42. The Morgan fingerprint density at radius 2 is 1.70 bits per heavy atom. The average molecular weight is 261 g/mol. The zero-order chi connectivity index (χ0) is 13.4. The molecule has 0 aliphatic carbocycles. The molecule has 0 saturated carbocycles. The van der Waals surface area contributed by atoms with Gasteiger partial charge in [-0.3, -0.25) is 0 Å². The van der Waals surface area contributed by atoms with Crippen LogP contribution in [0.4, 0.5) is 0 Å². The molecule has 98 valence electrons. The van der Waals surface area contributed by atoms with Crippen LogP contribution < -0.4 is 0 Å². The molecule has 3 nitrogen and oxygen atoms in total. The van der Waals surface area contributed by atoms with E-state index in [0.29, 0.717) is 0 Å². The summed E-state index contributed by atoms with van der Waals surface area (Å²) < 4.78 is 2.05. The molecule has 0 saturated heterocycles. The summed E-state index contributed by atoms with van der Waals surface area (Å²) in [6.07, 6.45) is 2.22. The number of rotatable bonds is 1. The van der Waals surface area contributed by atoms with Gasteiger partial charge in [-0.05, 0) is 18.4 Å². The van der Waals surface area contributed by atoms with E-state index in [0.717, 1.165) is 36.3 Å². The van der Waals surface area contributed by atoms with Gasteiger partial charge in [-0.15, -0.1) is 5.10 Å². The van der Waals surface area contributed by atoms with Gasteiger partial charge in [0.25, 0.3) is 0 Å². The topological polar surface area (TPSA) is 30.7 Å². The van der Waals surface area contributed by atoms with Crippen molar-refractivity contribution in [3.63, 3.8) is 0 Å². The zero-order valence-corrected chi connectivity index (χ0v) is 11.2. The molecule has 3 aromatic rings. The second-order valence-corrected chi connectivity index (χ2v) is 5.14. The van der Waals surface area contributed by atoms with Gasteiger partial charge >= 0.3 is 0 Å². The Labute approximate surface area is 117 Å². The molecule has 2 heterocycles. The summed E-state index contributed by atoms with van der Waals surface area (Å²) in [5, 5.41) is 8.78. The second kappa shape index (κ2) is 4.60. The normalized spacial score (nSPS) is 13.4. The number of hydrogen-bond donors (Lipinski definition) is 0. The highest BCUT2D eigenvalue weighted by Crippen LogP contribution is 2.34. The maximum Gasteiger partial charge on any atom is 0.121 e. The summed E-state index contributed by atoms with van der Waals surface area (Å²) in [7, 11) is 0. The van der Waals surface area contributed by atoms with E-state index in [1.165, 1.54) is 11.1 Å². The van der Waals surface area contributed by atoms with E-state index in [1.54, 1.807) is 0 Å². The highest BCUT2D eigenvalue weighted by molar-refractivity contribution is 5.79. The van der Waals surface area contributed by atoms with Crippen molar-refractivity contribution in [2.45, 2.75) is 19.4 Å². The second-order valence-electron chi connectivity index (χ2n) is 5.14. The highest BCUT2D eigenvalue weighted by Gasteiger charge is 2.20. The summed E-state index contributed by atoms with van der Waals surface area (Å²) in [6, 6.07) is 18.9. The van der Waals surface area contributed by atoms with Crippen LogP contribution >= 0.6 is 0 Å². The van der Waals surface area contributed by atoms with E-state index in [1.807, 2.05) is 22.9 Å². The molecule has 0 atom stereocenters. The van der Waals surface area contributed by atoms with Crippen LogP contribution in [-0.4, -0.2) is 15.0 Å². The largest absolute Gasteiger partial charge is 0.244 e. The predicted octanol–water partition coefficient (Wildman–Crippen LogP) is 3.56. The molecule has 0 amide bonds. The minimum atomic E-state index is 0.934. The molecule has 2 aromatic carbocycles. The molecule has 0 radical (unpaired) electrons. The summed E-state index contributed by atoms with van der Waals surface area (Å²) in [6.45, 7) is 0.934. The molecular formula is C17H15N3. The van der Waals surface area contributed by atoms with E-state index < -0.39 is 0 Å². The Balaban J connectivity index is 1.98. The lowest BCUT2D eigenvalue weighted by Crippen LogP contribution is -2.00. The number of aryl methyl sites for hydroxylation is 2. The van der Waals surface area contributed by atoms with E-state index >= 15 is 0 Å². The third-order valence-corrected chi connectivity index (χ3v) is 3.87. The first-order valence-corrected chi connectivity index (χ1v) is 7.01. The maximum absolute atomic E-state index is 4.42. The van der Waals surface area contributed by atoms with Crippen LogP contribution in [0.2, 0.25) is 0 Å². The van der Waals surface area contributed by atoms with Gasteiger partial charge in [-0.25, -0.2) is 4.68 Å². The third-order valence-electron chi connectivity index (χ3n) is 3.87. The fourth-order valence-electron chi connectivity index (χ4n) is 2.92. The van der Waals surface area contributed by atoms with Gasteiger partial charge < -0.3 is 0 Å². The van der Waals surface area contributed by atoms with Crippen molar-refractivity contribution in [3.05, 3.63) is 60.2 Å². The van der Waals surface area contributed by atoms with Crippen molar-refractivity contribution < 1.29 is 0 Å². The lowest BCUT2D eigenvalue weighted by Gasteiger charge is -2.07. The van der Waals surface area contributed by atoms with Crippen LogP contribution in [0.25, 0.3) is 22.5 Å². The Bertz CT molecular complexity index is 744. The highest BCUT2D eigenvalue weighted by atomic mass is 15.4. The fourth-order valence-corrected chi connectivity index (χ4v) is 2.92. The molecule has 1 aromatic heterocycles. The van der Waals surface area contributed by atoms with E-state index in [9.17, 15) is 0 Å². The molecule has 4 rings (SSSR count). The van der Waals surface area contributed by atoms with Crippen LogP contribution in [0, 0.1) is 0 Å². The van der Waals surface area contributed by atoms with E-state index in [2.05, 4.69) is 46.7 Å². The smallest absolute Gasteiger partial charge is 0.121 e. The molecule has 20 heavy (non-hydrogen) atoms. The van der Waals surface area contributed by atoms with Gasteiger partial charge in [0, 0.05) is 17.7 Å². The molecule has 0 bridgehead atoms. The van der Waals surface area contributed by atoms with Crippen molar-refractivity contribution in [3.8, 4) is 22.5 Å². The standard InChI is InChI=1S/C17H15N3/c1-2-8-14(9-3-1)16-17-15-11-5-4-7-13(15)10-6-12-20(17)19-18-16/h1-5,7-9,11H,6,10,12H2. The lowest BCUT2D eigenvalue weighted by atomic mass is 9.99. The molecule has 0 unspecified atom stereocenters. The Morgan fingerprint density at radius 3 is 2.60 bits per heavy atom. The van der Waals surface area contributed by atoms with E-state index in [4.69, 9.17) is 0 Å².